The van der Waals surface area contributed by atoms with E-state index in [-0.39, 0.29) is 0 Å². The Hall–Kier alpha value is -0.460. The van der Waals surface area contributed by atoms with Gasteiger partial charge in [-0.05, 0) is 18.8 Å². The molecule has 1 saturated heterocycles. The van der Waals surface area contributed by atoms with Crippen LogP contribution in [0.1, 0.15) is 27.2 Å². The molecule has 1 atom stereocenters. The Labute approximate surface area is 70.1 Å². The van der Waals surface area contributed by atoms with E-state index in [0.29, 0.717) is 0 Å². The van der Waals surface area contributed by atoms with Crippen molar-refractivity contribution in [1.29, 1.82) is 0 Å². The molecule has 1 rings (SSSR count). The number of rotatable bonds is 3. The van der Waals surface area contributed by atoms with Gasteiger partial charge in [-0.15, -0.1) is 0 Å². The molecule has 0 N–H and O–H groups in total. The van der Waals surface area contributed by atoms with Crippen LogP contribution in [0.25, 0.3) is 0 Å². The van der Waals surface area contributed by atoms with E-state index in [0.717, 1.165) is 11.8 Å². The zero-order valence-corrected chi connectivity index (χ0v) is 7.93. The standard InChI is InChI=1S/C10H19N/c1-5-9(4)10-6-11(7-10)8(2)3/h9-10H,2,5-7H2,1,3-4H3. The molecule has 0 radical (unpaired) electrons. The van der Waals surface area contributed by atoms with Crippen LogP contribution in [0, 0.1) is 11.8 Å². The smallest absolute Gasteiger partial charge is 0.0222 e. The minimum absolute atomic E-state index is 0.894. The van der Waals surface area contributed by atoms with Gasteiger partial charge in [-0.1, -0.05) is 26.8 Å². The van der Waals surface area contributed by atoms with Gasteiger partial charge in [0.1, 0.15) is 0 Å². The molecular weight excluding hydrogens is 134 g/mol. The number of likely N-dealkylation sites (tertiary alicyclic amines) is 1. The Morgan fingerprint density at radius 3 is 2.55 bits per heavy atom. The first-order valence-electron chi connectivity index (χ1n) is 4.55. The molecule has 1 aliphatic heterocycles. The molecule has 0 saturated carbocycles. The van der Waals surface area contributed by atoms with Gasteiger partial charge >= 0.3 is 0 Å². The van der Waals surface area contributed by atoms with E-state index in [4.69, 9.17) is 0 Å². The first kappa shape index (κ1) is 8.63. The highest BCUT2D eigenvalue weighted by Crippen LogP contribution is 2.27. The molecule has 0 aliphatic carbocycles. The van der Waals surface area contributed by atoms with E-state index in [1.807, 2.05) is 0 Å². The zero-order valence-electron chi connectivity index (χ0n) is 7.93. The lowest BCUT2D eigenvalue weighted by Gasteiger charge is -2.44. The second-order valence-electron chi connectivity index (χ2n) is 3.79. The molecular formula is C10H19N. The van der Waals surface area contributed by atoms with Crippen molar-refractivity contribution in [3.8, 4) is 0 Å². The lowest BCUT2D eigenvalue weighted by atomic mass is 9.85. The molecule has 64 valence electrons. The fraction of sp³-hybridized carbons (Fsp3) is 0.800. The lowest BCUT2D eigenvalue weighted by Crippen LogP contribution is -2.47. The maximum Gasteiger partial charge on any atom is 0.0222 e. The molecule has 0 aromatic carbocycles. The minimum atomic E-state index is 0.894. The van der Waals surface area contributed by atoms with Crippen molar-refractivity contribution in [3.63, 3.8) is 0 Å². The Bertz CT molecular complexity index is 145. The van der Waals surface area contributed by atoms with Gasteiger partial charge in [-0.3, -0.25) is 0 Å². The molecule has 0 aromatic heterocycles. The number of allylic oxidation sites excluding steroid dienone is 1. The fourth-order valence-corrected chi connectivity index (χ4v) is 1.52. The van der Waals surface area contributed by atoms with Gasteiger partial charge in [0.05, 0.1) is 0 Å². The Morgan fingerprint density at radius 1 is 1.64 bits per heavy atom. The number of nitrogens with zero attached hydrogens (tertiary/aromatic N) is 1. The topological polar surface area (TPSA) is 3.24 Å². The van der Waals surface area contributed by atoms with Crippen molar-refractivity contribution in [3.05, 3.63) is 12.3 Å². The minimum Gasteiger partial charge on any atom is -0.375 e. The molecule has 0 bridgehead atoms. The highest BCUT2D eigenvalue weighted by molar-refractivity contribution is 4.97. The molecule has 0 spiro atoms. The third-order valence-electron chi connectivity index (χ3n) is 2.90. The average molecular weight is 153 g/mol. The molecule has 0 amide bonds. The zero-order chi connectivity index (χ0) is 8.43. The van der Waals surface area contributed by atoms with Crippen molar-refractivity contribution >= 4 is 0 Å². The highest BCUT2D eigenvalue weighted by Gasteiger charge is 2.29. The van der Waals surface area contributed by atoms with E-state index >= 15 is 0 Å². The Morgan fingerprint density at radius 2 is 2.18 bits per heavy atom. The monoisotopic (exact) mass is 153 g/mol. The normalized spacial score (nSPS) is 21.2. The van der Waals surface area contributed by atoms with Gasteiger partial charge in [0, 0.05) is 18.8 Å². The van der Waals surface area contributed by atoms with E-state index in [1.54, 1.807) is 0 Å². The summed E-state index contributed by atoms with van der Waals surface area (Å²) in [5.74, 6) is 1.82. The van der Waals surface area contributed by atoms with Crippen molar-refractivity contribution in [2.75, 3.05) is 13.1 Å². The third-order valence-corrected chi connectivity index (χ3v) is 2.90. The molecule has 1 nitrogen and oxygen atoms in total. The summed E-state index contributed by atoms with van der Waals surface area (Å²) in [6.45, 7) is 13.1. The summed E-state index contributed by atoms with van der Waals surface area (Å²) in [5, 5.41) is 0. The largest absolute Gasteiger partial charge is 0.375 e. The van der Waals surface area contributed by atoms with Crippen LogP contribution in [0.3, 0.4) is 0 Å². The summed E-state index contributed by atoms with van der Waals surface area (Å²) in [5.41, 5.74) is 1.23. The summed E-state index contributed by atoms with van der Waals surface area (Å²) in [4.78, 5) is 2.36. The van der Waals surface area contributed by atoms with Crippen LogP contribution in [0.5, 0.6) is 0 Å². The van der Waals surface area contributed by atoms with Crippen molar-refractivity contribution in [2.45, 2.75) is 27.2 Å². The van der Waals surface area contributed by atoms with Crippen LogP contribution in [0.2, 0.25) is 0 Å². The van der Waals surface area contributed by atoms with Crippen LogP contribution in [0.4, 0.5) is 0 Å². The van der Waals surface area contributed by atoms with Gasteiger partial charge < -0.3 is 4.90 Å². The fourth-order valence-electron chi connectivity index (χ4n) is 1.52. The summed E-state index contributed by atoms with van der Waals surface area (Å²) in [6.07, 6.45) is 1.31. The van der Waals surface area contributed by atoms with Crippen molar-refractivity contribution < 1.29 is 0 Å². The van der Waals surface area contributed by atoms with Gasteiger partial charge in [0.15, 0.2) is 0 Å². The van der Waals surface area contributed by atoms with Gasteiger partial charge in [0.25, 0.3) is 0 Å². The Kier molecular flexibility index (Phi) is 2.58. The van der Waals surface area contributed by atoms with E-state index < -0.39 is 0 Å². The summed E-state index contributed by atoms with van der Waals surface area (Å²) >= 11 is 0. The van der Waals surface area contributed by atoms with Crippen LogP contribution in [-0.4, -0.2) is 18.0 Å². The second-order valence-corrected chi connectivity index (χ2v) is 3.79. The molecule has 1 heterocycles. The molecule has 1 heteroatoms. The molecule has 1 unspecified atom stereocenters. The van der Waals surface area contributed by atoms with Crippen LogP contribution < -0.4 is 0 Å². The maximum atomic E-state index is 3.92. The average Bonchev–Trinajstić information content (AvgIpc) is 1.83. The Balaban J connectivity index is 2.23. The number of hydrogen-bond donors (Lipinski definition) is 0. The molecule has 0 aromatic rings. The summed E-state index contributed by atoms with van der Waals surface area (Å²) < 4.78 is 0. The van der Waals surface area contributed by atoms with Gasteiger partial charge in [0.2, 0.25) is 0 Å². The predicted molar refractivity (Wildman–Crippen MR) is 49.3 cm³/mol. The quantitative estimate of drug-likeness (QED) is 0.602. The van der Waals surface area contributed by atoms with Gasteiger partial charge in [-0.25, -0.2) is 0 Å². The first-order chi connectivity index (χ1) is 5.15. The van der Waals surface area contributed by atoms with Crippen LogP contribution in [-0.2, 0) is 0 Å². The van der Waals surface area contributed by atoms with Gasteiger partial charge in [-0.2, -0.15) is 0 Å². The summed E-state index contributed by atoms with van der Waals surface area (Å²) in [6, 6.07) is 0. The molecule has 11 heavy (non-hydrogen) atoms. The predicted octanol–water partition coefficient (Wildman–Crippen LogP) is 2.50. The second kappa shape index (κ2) is 3.29. The SMILES string of the molecule is C=C(C)N1CC(C(C)CC)C1. The van der Waals surface area contributed by atoms with Crippen molar-refractivity contribution in [2.24, 2.45) is 11.8 Å². The maximum absolute atomic E-state index is 3.92. The first-order valence-corrected chi connectivity index (χ1v) is 4.55. The third kappa shape index (κ3) is 1.76. The molecule has 1 aliphatic rings. The molecule has 1 fully saturated rings. The highest BCUT2D eigenvalue weighted by atomic mass is 15.2. The van der Waals surface area contributed by atoms with E-state index in [1.165, 1.54) is 25.2 Å². The van der Waals surface area contributed by atoms with Crippen LogP contribution in [0.15, 0.2) is 12.3 Å². The van der Waals surface area contributed by atoms with Crippen LogP contribution >= 0.6 is 0 Å². The van der Waals surface area contributed by atoms with E-state index in [2.05, 4.69) is 32.3 Å². The van der Waals surface area contributed by atoms with Crippen molar-refractivity contribution in [1.82, 2.24) is 4.90 Å². The summed E-state index contributed by atoms with van der Waals surface area (Å²) in [7, 11) is 0. The van der Waals surface area contributed by atoms with E-state index in [9.17, 15) is 0 Å². The lowest BCUT2D eigenvalue weighted by molar-refractivity contribution is 0.0961. The number of hydrogen-bond acceptors (Lipinski definition) is 1.